The summed E-state index contributed by atoms with van der Waals surface area (Å²) in [6.45, 7) is 3.22. The molecular formula is C15H13ClF3N3O2. The molecule has 1 aromatic carbocycles. The number of rotatable bonds is 3. The average Bonchev–Trinajstić information content (AvgIpc) is 2.44. The second kappa shape index (κ2) is 6.64. The molecule has 1 heterocycles. The molecule has 128 valence electrons. The van der Waals surface area contributed by atoms with Crippen LogP contribution in [-0.4, -0.2) is 15.9 Å². The number of H-pyrrole nitrogens is 1. The topological polar surface area (TPSA) is 74.8 Å². The largest absolute Gasteiger partial charge is 0.416 e. The van der Waals surface area contributed by atoms with Gasteiger partial charge in [0.15, 0.2) is 0 Å². The number of aromatic nitrogens is 2. The van der Waals surface area contributed by atoms with Crippen molar-refractivity contribution < 1.29 is 18.0 Å². The molecule has 0 aliphatic heterocycles. The summed E-state index contributed by atoms with van der Waals surface area (Å²) in [6, 6.07) is 2.67. The van der Waals surface area contributed by atoms with Crippen LogP contribution >= 0.6 is 11.6 Å². The van der Waals surface area contributed by atoms with E-state index in [9.17, 15) is 22.8 Å². The van der Waals surface area contributed by atoms with Gasteiger partial charge in [-0.15, -0.1) is 0 Å². The highest BCUT2D eigenvalue weighted by Gasteiger charge is 2.31. The maximum absolute atomic E-state index is 12.6. The van der Waals surface area contributed by atoms with Crippen LogP contribution in [0.15, 0.2) is 23.0 Å². The minimum Gasteiger partial charge on any atom is -0.324 e. The summed E-state index contributed by atoms with van der Waals surface area (Å²) >= 11 is 5.79. The number of hydrogen-bond donors (Lipinski definition) is 2. The van der Waals surface area contributed by atoms with Crippen molar-refractivity contribution in [1.82, 2.24) is 9.97 Å². The van der Waals surface area contributed by atoms with Gasteiger partial charge in [0, 0.05) is 17.0 Å². The summed E-state index contributed by atoms with van der Waals surface area (Å²) in [4.78, 5) is 29.5. The molecule has 0 atom stereocenters. The number of aryl methyl sites for hydroxylation is 2. The van der Waals surface area contributed by atoms with Gasteiger partial charge in [0.1, 0.15) is 0 Å². The van der Waals surface area contributed by atoms with E-state index in [1.54, 1.807) is 13.8 Å². The molecule has 5 nitrogen and oxygen atoms in total. The molecule has 1 amide bonds. The second-order valence-corrected chi connectivity index (χ2v) is 5.56. The molecule has 0 fully saturated rings. The molecule has 0 bridgehead atoms. The predicted octanol–water partition coefficient (Wildman–Crippen LogP) is 3.24. The minimum absolute atomic E-state index is 0.0716. The quantitative estimate of drug-likeness (QED) is 0.883. The zero-order chi connectivity index (χ0) is 18.1. The summed E-state index contributed by atoms with van der Waals surface area (Å²) < 4.78 is 37.8. The lowest BCUT2D eigenvalue weighted by Gasteiger charge is -2.12. The first kappa shape index (κ1) is 18.0. The predicted molar refractivity (Wildman–Crippen MR) is 83.1 cm³/mol. The number of nitrogens with one attached hydrogen (secondary N) is 2. The van der Waals surface area contributed by atoms with E-state index >= 15 is 0 Å². The Labute approximate surface area is 139 Å². The van der Waals surface area contributed by atoms with E-state index in [4.69, 9.17) is 11.6 Å². The molecule has 0 radical (unpaired) electrons. The van der Waals surface area contributed by atoms with E-state index in [0.717, 1.165) is 18.2 Å². The zero-order valence-corrected chi connectivity index (χ0v) is 13.5. The van der Waals surface area contributed by atoms with E-state index in [1.807, 2.05) is 0 Å². The lowest BCUT2D eigenvalue weighted by molar-refractivity contribution is -0.137. The standard InChI is InChI=1S/C15H13ClF3N3O2/c1-7-10(8(2)21-14(24)20-7)6-13(23)22-12-4-3-9(5-11(12)16)15(17,18)19/h3-5H,6H2,1-2H3,(H,22,23)(H,20,21,24). The van der Waals surface area contributed by atoms with E-state index < -0.39 is 23.3 Å². The SMILES string of the molecule is Cc1nc(=O)[nH]c(C)c1CC(=O)Nc1ccc(C(F)(F)F)cc1Cl. The number of alkyl halides is 3. The molecule has 24 heavy (non-hydrogen) atoms. The fourth-order valence-corrected chi connectivity index (χ4v) is 2.39. The summed E-state index contributed by atoms with van der Waals surface area (Å²) in [6.07, 6.45) is -4.61. The van der Waals surface area contributed by atoms with Gasteiger partial charge in [0.2, 0.25) is 5.91 Å². The van der Waals surface area contributed by atoms with E-state index in [2.05, 4.69) is 15.3 Å². The van der Waals surface area contributed by atoms with Crippen LogP contribution in [0.1, 0.15) is 22.5 Å². The van der Waals surface area contributed by atoms with Crippen LogP contribution in [0.25, 0.3) is 0 Å². The number of aromatic amines is 1. The Kier molecular flexibility index (Phi) is 4.98. The van der Waals surface area contributed by atoms with Gasteiger partial charge in [-0.3, -0.25) is 4.79 Å². The second-order valence-electron chi connectivity index (χ2n) is 5.15. The van der Waals surface area contributed by atoms with Crippen molar-refractivity contribution in [1.29, 1.82) is 0 Å². The third-order valence-corrected chi connectivity index (χ3v) is 3.67. The van der Waals surface area contributed by atoms with Gasteiger partial charge in [0.25, 0.3) is 0 Å². The highest BCUT2D eigenvalue weighted by atomic mass is 35.5. The normalized spacial score (nSPS) is 11.4. The minimum atomic E-state index is -4.51. The van der Waals surface area contributed by atoms with Crippen molar-refractivity contribution in [2.45, 2.75) is 26.4 Å². The molecule has 9 heteroatoms. The monoisotopic (exact) mass is 359 g/mol. The van der Waals surface area contributed by atoms with Crippen LogP contribution in [0.3, 0.4) is 0 Å². The number of carbonyl (C=O) groups excluding carboxylic acids is 1. The van der Waals surface area contributed by atoms with Crippen LogP contribution in [-0.2, 0) is 17.4 Å². The molecule has 0 unspecified atom stereocenters. The maximum Gasteiger partial charge on any atom is 0.416 e. The highest BCUT2D eigenvalue weighted by molar-refractivity contribution is 6.33. The van der Waals surface area contributed by atoms with Crippen LogP contribution in [0.5, 0.6) is 0 Å². The Balaban J connectivity index is 2.18. The van der Waals surface area contributed by atoms with Crippen molar-refractivity contribution in [3.8, 4) is 0 Å². The van der Waals surface area contributed by atoms with Crippen molar-refractivity contribution >= 4 is 23.2 Å². The van der Waals surface area contributed by atoms with E-state index in [1.165, 1.54) is 0 Å². The molecule has 0 saturated carbocycles. The average molecular weight is 360 g/mol. The smallest absolute Gasteiger partial charge is 0.324 e. The first-order valence-electron chi connectivity index (χ1n) is 6.81. The van der Waals surface area contributed by atoms with Gasteiger partial charge >= 0.3 is 11.9 Å². The van der Waals surface area contributed by atoms with Crippen molar-refractivity contribution in [2.24, 2.45) is 0 Å². The molecule has 0 aliphatic rings. The van der Waals surface area contributed by atoms with E-state index in [0.29, 0.717) is 17.0 Å². The van der Waals surface area contributed by atoms with Crippen LogP contribution < -0.4 is 11.0 Å². The Bertz CT molecular complexity index is 821. The van der Waals surface area contributed by atoms with Crippen molar-refractivity contribution in [2.75, 3.05) is 5.32 Å². The number of carbonyl (C=O) groups is 1. The summed E-state index contributed by atoms with van der Waals surface area (Å²) in [7, 11) is 0. The Morgan fingerprint density at radius 2 is 2.00 bits per heavy atom. The van der Waals surface area contributed by atoms with Gasteiger partial charge in [-0.25, -0.2) is 4.79 Å². The van der Waals surface area contributed by atoms with Gasteiger partial charge in [-0.1, -0.05) is 11.6 Å². The summed E-state index contributed by atoms with van der Waals surface area (Å²) in [5.41, 5.74) is 0.102. The molecule has 0 aliphatic carbocycles. The van der Waals surface area contributed by atoms with Gasteiger partial charge in [-0.05, 0) is 32.0 Å². The van der Waals surface area contributed by atoms with Crippen LogP contribution in [0, 0.1) is 13.8 Å². The van der Waals surface area contributed by atoms with Gasteiger partial charge in [0.05, 0.1) is 22.7 Å². The Morgan fingerprint density at radius 1 is 1.33 bits per heavy atom. The maximum atomic E-state index is 12.6. The fraction of sp³-hybridized carbons (Fsp3) is 0.267. The number of benzene rings is 1. The molecule has 0 spiro atoms. The molecular weight excluding hydrogens is 347 g/mol. The Morgan fingerprint density at radius 3 is 2.54 bits per heavy atom. The first-order chi connectivity index (χ1) is 11.1. The first-order valence-corrected chi connectivity index (χ1v) is 7.18. The summed E-state index contributed by atoms with van der Waals surface area (Å²) in [5.74, 6) is -0.489. The number of anilines is 1. The zero-order valence-electron chi connectivity index (χ0n) is 12.7. The molecule has 2 N–H and O–H groups in total. The lowest BCUT2D eigenvalue weighted by atomic mass is 10.1. The number of nitrogens with zero attached hydrogens (tertiary/aromatic N) is 1. The molecule has 1 aromatic heterocycles. The van der Waals surface area contributed by atoms with Crippen molar-refractivity contribution in [3.05, 3.63) is 56.2 Å². The third-order valence-electron chi connectivity index (χ3n) is 3.36. The van der Waals surface area contributed by atoms with Crippen molar-refractivity contribution in [3.63, 3.8) is 0 Å². The van der Waals surface area contributed by atoms with Gasteiger partial charge < -0.3 is 10.3 Å². The number of halogens is 4. The van der Waals surface area contributed by atoms with Crippen LogP contribution in [0.4, 0.5) is 18.9 Å². The van der Waals surface area contributed by atoms with Gasteiger partial charge in [-0.2, -0.15) is 18.2 Å². The fourth-order valence-electron chi connectivity index (χ4n) is 2.16. The summed E-state index contributed by atoms with van der Waals surface area (Å²) in [5, 5.41) is 2.23. The molecule has 0 saturated heterocycles. The lowest BCUT2D eigenvalue weighted by Crippen LogP contribution is -2.21. The third kappa shape index (κ3) is 4.14. The molecule has 2 rings (SSSR count). The number of amides is 1. The Hall–Kier alpha value is -2.35. The van der Waals surface area contributed by atoms with Crippen LogP contribution in [0.2, 0.25) is 5.02 Å². The highest BCUT2D eigenvalue weighted by Crippen LogP contribution is 2.33. The van der Waals surface area contributed by atoms with E-state index in [-0.39, 0.29) is 17.1 Å². The molecule has 2 aromatic rings. The number of hydrogen-bond acceptors (Lipinski definition) is 3.